The summed E-state index contributed by atoms with van der Waals surface area (Å²) in [6, 6.07) is 9.67. The van der Waals surface area contributed by atoms with Crippen LogP contribution in [0.25, 0.3) is 0 Å². The van der Waals surface area contributed by atoms with Crippen molar-refractivity contribution in [1.82, 2.24) is 4.57 Å². The second-order valence-corrected chi connectivity index (χ2v) is 5.06. The SMILES string of the molecule is O=C1C(=O)N(CCn2ccccc2=O)c2c(Cl)cccc21. The number of ketones is 1. The first-order valence-corrected chi connectivity index (χ1v) is 6.77. The highest BCUT2D eigenvalue weighted by Crippen LogP contribution is 2.35. The molecule has 0 atom stereocenters. The number of pyridine rings is 1. The van der Waals surface area contributed by atoms with E-state index in [1.54, 1.807) is 36.5 Å². The molecule has 106 valence electrons. The molecule has 2 heterocycles. The Hall–Kier alpha value is -2.40. The molecule has 6 heteroatoms. The van der Waals surface area contributed by atoms with E-state index >= 15 is 0 Å². The van der Waals surface area contributed by atoms with Gasteiger partial charge in [-0.3, -0.25) is 14.4 Å². The van der Waals surface area contributed by atoms with E-state index in [-0.39, 0.29) is 12.1 Å². The van der Waals surface area contributed by atoms with Crippen LogP contribution in [0, 0.1) is 0 Å². The first kappa shape index (κ1) is 13.6. The van der Waals surface area contributed by atoms with Crippen molar-refractivity contribution in [2.75, 3.05) is 11.4 Å². The number of anilines is 1. The minimum atomic E-state index is -0.609. The van der Waals surface area contributed by atoms with Gasteiger partial charge in [-0.2, -0.15) is 0 Å². The third-order valence-corrected chi connectivity index (χ3v) is 3.71. The predicted octanol–water partition coefficient (Wildman–Crippen LogP) is 1.73. The summed E-state index contributed by atoms with van der Waals surface area (Å²) < 4.78 is 1.48. The van der Waals surface area contributed by atoms with Gasteiger partial charge in [0.1, 0.15) is 0 Å². The van der Waals surface area contributed by atoms with Gasteiger partial charge in [-0.25, -0.2) is 0 Å². The molecule has 1 amide bonds. The van der Waals surface area contributed by atoms with Crippen LogP contribution in [0.3, 0.4) is 0 Å². The second-order valence-electron chi connectivity index (χ2n) is 4.65. The zero-order chi connectivity index (χ0) is 15.0. The second kappa shape index (κ2) is 5.18. The fraction of sp³-hybridized carbons (Fsp3) is 0.133. The van der Waals surface area contributed by atoms with Gasteiger partial charge in [0.05, 0.1) is 16.3 Å². The van der Waals surface area contributed by atoms with E-state index in [0.717, 1.165) is 0 Å². The summed E-state index contributed by atoms with van der Waals surface area (Å²) in [4.78, 5) is 37.0. The van der Waals surface area contributed by atoms with Crippen LogP contribution < -0.4 is 10.5 Å². The molecular formula is C15H11ClN2O3. The van der Waals surface area contributed by atoms with Crippen molar-refractivity contribution in [2.45, 2.75) is 6.54 Å². The zero-order valence-corrected chi connectivity index (χ0v) is 11.7. The molecule has 0 bridgehead atoms. The maximum Gasteiger partial charge on any atom is 0.299 e. The van der Waals surface area contributed by atoms with Crippen LogP contribution in [0.15, 0.2) is 47.4 Å². The van der Waals surface area contributed by atoms with Crippen LogP contribution in [0.5, 0.6) is 0 Å². The number of benzene rings is 1. The number of fused-ring (bicyclic) bond motifs is 1. The summed E-state index contributed by atoms with van der Waals surface area (Å²) in [7, 11) is 0. The normalized spacial score (nSPS) is 13.7. The molecule has 1 aromatic carbocycles. The van der Waals surface area contributed by atoms with Gasteiger partial charge < -0.3 is 9.47 Å². The first-order chi connectivity index (χ1) is 10.1. The molecule has 1 aliphatic rings. The number of aromatic nitrogens is 1. The molecule has 2 aromatic rings. The van der Waals surface area contributed by atoms with Crippen molar-refractivity contribution >= 4 is 29.0 Å². The molecule has 0 N–H and O–H groups in total. The smallest absolute Gasteiger partial charge is 0.299 e. The van der Waals surface area contributed by atoms with Gasteiger partial charge in [-0.15, -0.1) is 0 Å². The van der Waals surface area contributed by atoms with E-state index in [2.05, 4.69) is 0 Å². The van der Waals surface area contributed by atoms with E-state index < -0.39 is 11.7 Å². The molecule has 0 fully saturated rings. The highest BCUT2D eigenvalue weighted by molar-refractivity contribution is 6.54. The number of para-hydroxylation sites is 1. The highest BCUT2D eigenvalue weighted by atomic mass is 35.5. The van der Waals surface area contributed by atoms with Crippen molar-refractivity contribution in [3.8, 4) is 0 Å². The van der Waals surface area contributed by atoms with E-state index in [1.807, 2.05) is 0 Å². The summed E-state index contributed by atoms with van der Waals surface area (Å²) in [5.74, 6) is -1.17. The number of hydrogen-bond donors (Lipinski definition) is 0. The standard InChI is InChI=1S/C15H11ClN2O3/c16-11-5-3-4-10-13(11)18(15(21)14(10)20)9-8-17-7-2-1-6-12(17)19/h1-7H,8-9H2. The van der Waals surface area contributed by atoms with Crippen molar-refractivity contribution in [3.05, 3.63) is 63.5 Å². The fourth-order valence-corrected chi connectivity index (χ4v) is 2.66. The Morgan fingerprint density at radius 3 is 2.52 bits per heavy atom. The van der Waals surface area contributed by atoms with E-state index in [4.69, 9.17) is 11.6 Å². The summed E-state index contributed by atoms with van der Waals surface area (Å²) in [6.07, 6.45) is 1.64. The molecule has 3 rings (SSSR count). The molecular weight excluding hydrogens is 292 g/mol. The van der Waals surface area contributed by atoms with Crippen molar-refractivity contribution in [2.24, 2.45) is 0 Å². The third kappa shape index (κ3) is 2.25. The molecule has 0 spiro atoms. The van der Waals surface area contributed by atoms with Crippen LogP contribution in [0.4, 0.5) is 5.69 Å². The van der Waals surface area contributed by atoms with Crippen LogP contribution in [-0.4, -0.2) is 22.8 Å². The van der Waals surface area contributed by atoms with Crippen molar-refractivity contribution in [3.63, 3.8) is 0 Å². The van der Waals surface area contributed by atoms with Gasteiger partial charge in [0.2, 0.25) is 0 Å². The molecule has 1 aliphatic heterocycles. The van der Waals surface area contributed by atoms with Gasteiger partial charge >= 0.3 is 0 Å². The van der Waals surface area contributed by atoms with E-state index in [0.29, 0.717) is 22.8 Å². The maximum absolute atomic E-state index is 12.1. The molecule has 5 nitrogen and oxygen atoms in total. The number of Topliss-reactive ketones (excluding diaryl/α,β-unsaturated/α-hetero) is 1. The Morgan fingerprint density at radius 2 is 1.76 bits per heavy atom. The molecule has 0 saturated carbocycles. The van der Waals surface area contributed by atoms with Crippen LogP contribution >= 0.6 is 11.6 Å². The zero-order valence-electron chi connectivity index (χ0n) is 11.0. The number of nitrogens with zero attached hydrogens (tertiary/aromatic N) is 2. The van der Waals surface area contributed by atoms with Gasteiger partial charge in [0.25, 0.3) is 17.2 Å². The van der Waals surface area contributed by atoms with Gasteiger partial charge in [0, 0.05) is 25.4 Å². The number of hydrogen-bond acceptors (Lipinski definition) is 3. The average Bonchev–Trinajstić information content (AvgIpc) is 2.72. The van der Waals surface area contributed by atoms with Crippen LogP contribution in [0.1, 0.15) is 10.4 Å². The Bertz CT molecular complexity index is 798. The predicted molar refractivity (Wildman–Crippen MR) is 78.8 cm³/mol. The van der Waals surface area contributed by atoms with Crippen molar-refractivity contribution in [1.29, 1.82) is 0 Å². The van der Waals surface area contributed by atoms with Gasteiger partial charge in [0.15, 0.2) is 0 Å². The number of halogens is 1. The number of carbonyl (C=O) groups excluding carboxylic acids is 2. The average molecular weight is 303 g/mol. The lowest BCUT2D eigenvalue weighted by molar-refractivity contribution is -0.114. The largest absolute Gasteiger partial charge is 0.314 e. The number of rotatable bonds is 3. The summed E-state index contributed by atoms with van der Waals surface area (Å²) in [5.41, 5.74) is 0.584. The Kier molecular flexibility index (Phi) is 3.35. The topological polar surface area (TPSA) is 59.4 Å². The fourth-order valence-electron chi connectivity index (χ4n) is 2.38. The molecule has 0 radical (unpaired) electrons. The first-order valence-electron chi connectivity index (χ1n) is 6.40. The molecule has 0 aliphatic carbocycles. The lowest BCUT2D eigenvalue weighted by atomic mass is 10.1. The Labute approximate surface area is 125 Å². The Morgan fingerprint density at radius 1 is 0.952 bits per heavy atom. The maximum atomic E-state index is 12.1. The van der Waals surface area contributed by atoms with Crippen molar-refractivity contribution < 1.29 is 9.59 Å². The third-order valence-electron chi connectivity index (χ3n) is 3.40. The minimum Gasteiger partial charge on any atom is -0.314 e. The minimum absolute atomic E-state index is 0.158. The number of carbonyl (C=O) groups is 2. The van der Waals surface area contributed by atoms with Crippen LogP contribution in [0.2, 0.25) is 5.02 Å². The summed E-state index contributed by atoms with van der Waals surface area (Å²) in [5, 5.41) is 0.354. The highest BCUT2D eigenvalue weighted by Gasteiger charge is 2.36. The monoisotopic (exact) mass is 302 g/mol. The number of amides is 1. The van der Waals surface area contributed by atoms with Gasteiger partial charge in [-0.05, 0) is 18.2 Å². The Balaban J connectivity index is 1.91. The lowest BCUT2D eigenvalue weighted by Gasteiger charge is -2.18. The van der Waals surface area contributed by atoms with Gasteiger partial charge in [-0.1, -0.05) is 23.7 Å². The molecule has 1 aromatic heterocycles. The van der Waals surface area contributed by atoms with E-state index in [9.17, 15) is 14.4 Å². The quantitative estimate of drug-likeness (QED) is 0.811. The van der Waals surface area contributed by atoms with E-state index in [1.165, 1.54) is 15.5 Å². The summed E-state index contributed by atoms with van der Waals surface area (Å²) in [6.45, 7) is 0.509. The molecule has 0 unspecified atom stereocenters. The lowest BCUT2D eigenvalue weighted by Crippen LogP contribution is -2.34. The molecule has 0 saturated heterocycles. The molecule has 21 heavy (non-hydrogen) atoms. The summed E-state index contributed by atoms with van der Waals surface area (Å²) >= 11 is 6.09. The van der Waals surface area contributed by atoms with Crippen LogP contribution in [-0.2, 0) is 11.3 Å².